The van der Waals surface area contributed by atoms with Gasteiger partial charge in [0, 0.05) is 31.7 Å². The van der Waals surface area contributed by atoms with Crippen molar-refractivity contribution in [3.63, 3.8) is 0 Å². The van der Waals surface area contributed by atoms with Crippen LogP contribution >= 0.6 is 0 Å². The minimum Gasteiger partial charge on any atom is -0.481 e. The molecule has 0 amide bonds. The van der Waals surface area contributed by atoms with E-state index in [9.17, 15) is 13.6 Å². The summed E-state index contributed by atoms with van der Waals surface area (Å²) in [5, 5.41) is 17.6. The molecule has 2 aromatic rings. The maximum absolute atomic E-state index is 13.3. The lowest BCUT2D eigenvalue weighted by molar-refractivity contribution is -0.137. The van der Waals surface area contributed by atoms with Gasteiger partial charge in [-0.25, -0.2) is 13.8 Å². The number of aliphatic carboxylic acids is 1. The average Bonchev–Trinajstić information content (AvgIpc) is 2.71. The van der Waals surface area contributed by atoms with Gasteiger partial charge in [0.1, 0.15) is 5.82 Å². The van der Waals surface area contributed by atoms with E-state index in [4.69, 9.17) is 10.2 Å². The Bertz CT molecular complexity index is 640. The molecule has 0 fully saturated rings. The Morgan fingerprint density at radius 3 is 2.65 bits per heavy atom. The number of fused-ring (bicyclic) bond motifs is 1. The van der Waals surface area contributed by atoms with Crippen LogP contribution in [0.5, 0.6) is 0 Å². The number of aromatic nitrogens is 2. The Labute approximate surface area is 113 Å². The van der Waals surface area contributed by atoms with Gasteiger partial charge in [0.2, 0.25) is 0 Å². The van der Waals surface area contributed by atoms with Crippen molar-refractivity contribution in [2.75, 3.05) is 6.61 Å². The maximum atomic E-state index is 13.3. The maximum Gasteiger partial charge on any atom is 0.305 e. The molecule has 0 aliphatic carbocycles. The summed E-state index contributed by atoms with van der Waals surface area (Å²) >= 11 is 0. The first-order valence-electron chi connectivity index (χ1n) is 6.19. The van der Waals surface area contributed by atoms with Crippen molar-refractivity contribution < 1.29 is 23.8 Å². The number of aliphatic hydroxyl groups excluding tert-OH is 1. The molecule has 1 heterocycles. The van der Waals surface area contributed by atoms with Crippen molar-refractivity contribution in [3.05, 3.63) is 29.6 Å². The van der Waals surface area contributed by atoms with Gasteiger partial charge in [-0.1, -0.05) is 0 Å². The number of carboxylic acids is 1. The highest BCUT2D eigenvalue weighted by atomic mass is 19.2. The topological polar surface area (TPSA) is 75.3 Å². The molecule has 0 aliphatic heterocycles. The number of halogens is 2. The van der Waals surface area contributed by atoms with E-state index < -0.39 is 17.6 Å². The van der Waals surface area contributed by atoms with Crippen molar-refractivity contribution in [3.8, 4) is 0 Å². The van der Waals surface area contributed by atoms with Gasteiger partial charge in [0.25, 0.3) is 0 Å². The highest BCUT2D eigenvalue weighted by Gasteiger charge is 2.14. The molecule has 7 heteroatoms. The van der Waals surface area contributed by atoms with E-state index in [1.54, 1.807) is 4.57 Å². The van der Waals surface area contributed by atoms with Gasteiger partial charge < -0.3 is 14.8 Å². The molecule has 1 aromatic heterocycles. The van der Waals surface area contributed by atoms with Crippen LogP contribution in [0, 0.1) is 11.6 Å². The van der Waals surface area contributed by atoms with Crippen molar-refractivity contribution in [2.45, 2.75) is 25.8 Å². The Morgan fingerprint density at radius 2 is 2.00 bits per heavy atom. The number of aliphatic hydroxyl groups is 1. The molecule has 0 spiro atoms. The molecule has 0 atom stereocenters. The molecule has 108 valence electrons. The molecule has 20 heavy (non-hydrogen) atoms. The second kappa shape index (κ2) is 5.96. The van der Waals surface area contributed by atoms with Gasteiger partial charge in [-0.3, -0.25) is 4.79 Å². The molecular weight excluding hydrogens is 270 g/mol. The Balaban J connectivity index is 2.46. The molecule has 0 saturated heterocycles. The SMILES string of the molecule is O=C(O)CCn1c(CCCO)nc2cc(F)c(F)cc21. The second-order valence-corrected chi connectivity index (χ2v) is 4.41. The van der Waals surface area contributed by atoms with Crippen molar-refractivity contribution >= 4 is 17.0 Å². The van der Waals surface area contributed by atoms with Crippen LogP contribution in [0.25, 0.3) is 11.0 Å². The zero-order valence-corrected chi connectivity index (χ0v) is 10.6. The summed E-state index contributed by atoms with van der Waals surface area (Å²) in [6, 6.07) is 2.01. The van der Waals surface area contributed by atoms with Crippen molar-refractivity contribution in [1.82, 2.24) is 9.55 Å². The molecule has 5 nitrogen and oxygen atoms in total. The van der Waals surface area contributed by atoms with E-state index in [0.717, 1.165) is 12.1 Å². The van der Waals surface area contributed by atoms with Crippen molar-refractivity contribution in [1.29, 1.82) is 0 Å². The first-order valence-corrected chi connectivity index (χ1v) is 6.19. The van der Waals surface area contributed by atoms with Crippen LogP contribution in [0.15, 0.2) is 12.1 Å². The molecule has 0 bridgehead atoms. The third-order valence-electron chi connectivity index (χ3n) is 2.98. The summed E-state index contributed by atoms with van der Waals surface area (Å²) in [7, 11) is 0. The van der Waals surface area contributed by atoms with Gasteiger partial charge in [0.05, 0.1) is 17.5 Å². The number of carboxylic acid groups (broad SMARTS) is 1. The molecule has 2 rings (SSSR count). The zero-order valence-electron chi connectivity index (χ0n) is 10.6. The lowest BCUT2D eigenvalue weighted by atomic mass is 10.3. The van der Waals surface area contributed by atoms with E-state index in [0.29, 0.717) is 24.2 Å². The van der Waals surface area contributed by atoms with Crippen LogP contribution < -0.4 is 0 Å². The fraction of sp³-hybridized carbons (Fsp3) is 0.385. The van der Waals surface area contributed by atoms with Crippen LogP contribution in [-0.2, 0) is 17.8 Å². The number of imidazole rings is 1. The number of carbonyl (C=O) groups is 1. The van der Waals surface area contributed by atoms with Gasteiger partial charge in [-0.15, -0.1) is 0 Å². The fourth-order valence-corrected chi connectivity index (χ4v) is 2.06. The number of hydrogen-bond acceptors (Lipinski definition) is 3. The predicted molar refractivity (Wildman–Crippen MR) is 67.3 cm³/mol. The predicted octanol–water partition coefficient (Wildman–Crippen LogP) is 1.71. The summed E-state index contributed by atoms with van der Waals surface area (Å²) < 4.78 is 28.1. The normalized spacial score (nSPS) is 11.2. The van der Waals surface area contributed by atoms with E-state index in [1.807, 2.05) is 0 Å². The molecule has 0 aliphatic rings. The number of nitrogens with zero attached hydrogens (tertiary/aromatic N) is 2. The summed E-state index contributed by atoms with van der Waals surface area (Å²) in [4.78, 5) is 14.9. The van der Waals surface area contributed by atoms with E-state index in [1.165, 1.54) is 0 Å². The lowest BCUT2D eigenvalue weighted by Crippen LogP contribution is -2.09. The highest BCUT2D eigenvalue weighted by Crippen LogP contribution is 2.21. The molecular formula is C13H14F2N2O3. The monoisotopic (exact) mass is 284 g/mol. The third-order valence-corrected chi connectivity index (χ3v) is 2.98. The Morgan fingerprint density at radius 1 is 1.30 bits per heavy atom. The Kier molecular flexibility index (Phi) is 4.29. The van der Waals surface area contributed by atoms with Crippen LogP contribution in [0.3, 0.4) is 0 Å². The number of rotatable bonds is 6. The quantitative estimate of drug-likeness (QED) is 0.846. The molecule has 0 saturated carbocycles. The summed E-state index contributed by atoms with van der Waals surface area (Å²) in [6.45, 7) is 0.0858. The minimum atomic E-state index is -0.998. The molecule has 1 aromatic carbocycles. The smallest absolute Gasteiger partial charge is 0.305 e. The van der Waals surface area contributed by atoms with Crippen LogP contribution in [0.1, 0.15) is 18.7 Å². The molecule has 2 N–H and O–H groups in total. The average molecular weight is 284 g/mol. The van der Waals surface area contributed by atoms with Gasteiger partial charge >= 0.3 is 5.97 Å². The zero-order chi connectivity index (χ0) is 14.7. The first-order chi connectivity index (χ1) is 9.52. The summed E-state index contributed by atoms with van der Waals surface area (Å²) in [5.41, 5.74) is 0.639. The van der Waals surface area contributed by atoms with Gasteiger partial charge in [0.15, 0.2) is 11.6 Å². The Hall–Kier alpha value is -2.02. The third kappa shape index (κ3) is 2.93. The van der Waals surface area contributed by atoms with Gasteiger partial charge in [-0.05, 0) is 6.42 Å². The number of aryl methyl sites for hydroxylation is 2. The number of hydrogen-bond donors (Lipinski definition) is 2. The summed E-state index contributed by atoms with van der Waals surface area (Å²) in [6.07, 6.45) is 0.714. The second-order valence-electron chi connectivity index (χ2n) is 4.41. The van der Waals surface area contributed by atoms with Crippen LogP contribution in [0.4, 0.5) is 8.78 Å². The van der Waals surface area contributed by atoms with Crippen molar-refractivity contribution in [2.24, 2.45) is 0 Å². The fourth-order valence-electron chi connectivity index (χ4n) is 2.06. The number of benzene rings is 1. The lowest BCUT2D eigenvalue weighted by Gasteiger charge is -2.07. The van der Waals surface area contributed by atoms with E-state index in [2.05, 4.69) is 4.98 Å². The molecule has 0 radical (unpaired) electrons. The summed E-state index contributed by atoms with van der Waals surface area (Å²) in [5.74, 6) is -2.46. The van der Waals surface area contributed by atoms with E-state index in [-0.39, 0.29) is 25.1 Å². The van der Waals surface area contributed by atoms with E-state index >= 15 is 0 Å². The minimum absolute atomic E-state index is 0.0368. The molecule has 0 unspecified atom stereocenters. The standard InChI is InChI=1S/C13H14F2N2O3/c14-8-6-10-11(7-9(8)15)17(4-3-13(19)20)12(16-10)2-1-5-18/h6-7,18H,1-5H2,(H,19,20). The largest absolute Gasteiger partial charge is 0.481 e. The van der Waals surface area contributed by atoms with Crippen LogP contribution in [-0.4, -0.2) is 32.3 Å². The first kappa shape index (κ1) is 14.4. The highest BCUT2D eigenvalue weighted by molar-refractivity contribution is 5.76. The van der Waals surface area contributed by atoms with Gasteiger partial charge in [-0.2, -0.15) is 0 Å². The van der Waals surface area contributed by atoms with Crippen LogP contribution in [0.2, 0.25) is 0 Å².